The lowest BCUT2D eigenvalue weighted by Crippen LogP contribution is -1.96. The number of phenolic OH excluding ortho intramolecular Hbond substituents is 1. The van der Waals surface area contributed by atoms with Gasteiger partial charge in [-0.25, -0.2) is 0 Å². The highest BCUT2D eigenvalue weighted by Gasteiger charge is 2.21. The lowest BCUT2D eigenvalue weighted by molar-refractivity contribution is 0.466. The average Bonchev–Trinajstić information content (AvgIpc) is 2.23. The van der Waals surface area contributed by atoms with Gasteiger partial charge in [-0.05, 0) is 81.6 Å². The maximum absolute atomic E-state index is 9.79. The van der Waals surface area contributed by atoms with E-state index in [4.69, 9.17) is 0 Å². The number of halogens is 4. The van der Waals surface area contributed by atoms with E-state index in [1.807, 2.05) is 0 Å². The third-order valence-corrected chi connectivity index (χ3v) is 6.63. The second kappa shape index (κ2) is 5.52. The second-order valence-electron chi connectivity index (χ2n) is 3.33. The Labute approximate surface area is 123 Å². The van der Waals surface area contributed by atoms with Crippen LogP contribution in [0.3, 0.4) is 0 Å². The van der Waals surface area contributed by atoms with Crippen molar-refractivity contribution in [1.82, 2.24) is 0 Å². The highest BCUT2D eigenvalue weighted by atomic mass is 79.9. The lowest BCUT2D eigenvalue weighted by atomic mass is 9.99. The summed E-state index contributed by atoms with van der Waals surface area (Å²) in [6, 6.07) is 0. The quantitative estimate of drug-likeness (QED) is 0.535. The summed E-state index contributed by atoms with van der Waals surface area (Å²) in [7, 11) is 0. The van der Waals surface area contributed by atoms with Gasteiger partial charge in [0, 0.05) is 8.95 Å². The van der Waals surface area contributed by atoms with Gasteiger partial charge >= 0.3 is 0 Å². The fraction of sp³-hybridized carbons (Fsp3) is 0.400. The van der Waals surface area contributed by atoms with Crippen molar-refractivity contribution in [3.63, 3.8) is 0 Å². The van der Waals surface area contributed by atoms with Gasteiger partial charge in [-0.3, -0.25) is 0 Å². The molecule has 1 rings (SSSR count). The summed E-state index contributed by atoms with van der Waals surface area (Å²) < 4.78 is 3.19. The van der Waals surface area contributed by atoms with Crippen LogP contribution in [0.25, 0.3) is 0 Å². The Morgan fingerprint density at radius 2 is 1.40 bits per heavy atom. The van der Waals surface area contributed by atoms with Crippen LogP contribution in [0.1, 0.15) is 31.7 Å². The zero-order valence-corrected chi connectivity index (χ0v) is 14.6. The fourth-order valence-corrected chi connectivity index (χ4v) is 4.18. The van der Waals surface area contributed by atoms with Crippen LogP contribution in [-0.4, -0.2) is 5.11 Å². The summed E-state index contributed by atoms with van der Waals surface area (Å²) in [6.45, 7) is 4.29. The van der Waals surface area contributed by atoms with Crippen molar-refractivity contribution in [3.8, 4) is 5.75 Å². The van der Waals surface area contributed by atoms with Crippen molar-refractivity contribution in [3.05, 3.63) is 23.5 Å². The van der Waals surface area contributed by atoms with Crippen LogP contribution in [0.5, 0.6) is 5.75 Å². The van der Waals surface area contributed by atoms with E-state index < -0.39 is 0 Å². The van der Waals surface area contributed by atoms with E-state index in [2.05, 4.69) is 77.6 Å². The molecule has 0 aromatic heterocycles. The van der Waals surface area contributed by atoms with Gasteiger partial charge in [0.2, 0.25) is 0 Å². The van der Waals surface area contributed by atoms with Gasteiger partial charge in [-0.2, -0.15) is 0 Å². The summed E-state index contributed by atoms with van der Waals surface area (Å²) in [5.41, 5.74) is 1.16. The molecule has 0 radical (unpaired) electrons. The summed E-state index contributed by atoms with van der Waals surface area (Å²) >= 11 is 13.7. The van der Waals surface area contributed by atoms with Crippen LogP contribution in [0.15, 0.2) is 17.9 Å². The molecule has 1 nitrogen and oxygen atoms in total. The first-order valence-corrected chi connectivity index (χ1v) is 7.63. The molecule has 84 valence electrons. The first kappa shape index (κ1) is 14.0. The van der Waals surface area contributed by atoms with Crippen molar-refractivity contribution < 1.29 is 5.11 Å². The Morgan fingerprint density at radius 1 is 1.00 bits per heavy atom. The topological polar surface area (TPSA) is 20.2 Å². The average molecular weight is 466 g/mol. The van der Waals surface area contributed by atoms with E-state index >= 15 is 0 Å². The molecule has 1 atom stereocenters. The molecule has 1 unspecified atom stereocenters. The number of rotatable bonds is 2. The Morgan fingerprint density at radius 3 is 1.73 bits per heavy atom. The smallest absolute Gasteiger partial charge is 0.146 e. The first-order chi connectivity index (χ1) is 6.91. The van der Waals surface area contributed by atoms with Crippen LogP contribution < -0.4 is 0 Å². The van der Waals surface area contributed by atoms with Gasteiger partial charge in [0.05, 0.1) is 8.95 Å². The molecule has 1 aromatic rings. The van der Waals surface area contributed by atoms with Crippen molar-refractivity contribution in [2.24, 2.45) is 0 Å². The predicted octanol–water partition coefficient (Wildman–Crippen LogP) is 5.96. The SMILES string of the molecule is CCC(C)c1c(Br)c(Br)c(O)c(Br)c1Br. The number of benzene rings is 1. The van der Waals surface area contributed by atoms with Gasteiger partial charge in [-0.1, -0.05) is 13.8 Å². The monoisotopic (exact) mass is 462 g/mol. The molecule has 0 saturated carbocycles. The van der Waals surface area contributed by atoms with Gasteiger partial charge < -0.3 is 5.11 Å². The van der Waals surface area contributed by atoms with E-state index in [9.17, 15) is 5.11 Å². The number of hydrogen-bond acceptors (Lipinski definition) is 1. The maximum Gasteiger partial charge on any atom is 0.146 e. The molecule has 0 aliphatic heterocycles. The molecular weight excluding hydrogens is 456 g/mol. The zero-order chi connectivity index (χ0) is 11.7. The van der Waals surface area contributed by atoms with E-state index in [0.29, 0.717) is 14.9 Å². The van der Waals surface area contributed by atoms with Crippen LogP contribution in [-0.2, 0) is 0 Å². The van der Waals surface area contributed by atoms with Gasteiger partial charge in [-0.15, -0.1) is 0 Å². The molecular formula is C10H10Br4O. The van der Waals surface area contributed by atoms with Gasteiger partial charge in [0.15, 0.2) is 0 Å². The van der Waals surface area contributed by atoms with Gasteiger partial charge in [0.25, 0.3) is 0 Å². The van der Waals surface area contributed by atoms with E-state index in [0.717, 1.165) is 20.9 Å². The molecule has 0 bridgehead atoms. The van der Waals surface area contributed by atoms with Crippen molar-refractivity contribution in [2.75, 3.05) is 0 Å². The Balaban J connectivity index is 3.52. The van der Waals surface area contributed by atoms with Crippen molar-refractivity contribution in [2.45, 2.75) is 26.2 Å². The minimum absolute atomic E-state index is 0.209. The van der Waals surface area contributed by atoms with E-state index in [-0.39, 0.29) is 5.75 Å². The molecule has 0 spiro atoms. The van der Waals surface area contributed by atoms with Crippen LogP contribution >= 0.6 is 63.7 Å². The molecule has 1 aromatic carbocycles. The van der Waals surface area contributed by atoms with Gasteiger partial charge in [0.1, 0.15) is 5.75 Å². The molecule has 0 aliphatic rings. The molecule has 0 heterocycles. The Kier molecular flexibility index (Phi) is 5.15. The molecule has 1 N–H and O–H groups in total. The maximum atomic E-state index is 9.79. The van der Waals surface area contributed by atoms with Crippen LogP contribution in [0.4, 0.5) is 0 Å². The number of phenols is 1. The largest absolute Gasteiger partial charge is 0.505 e. The highest BCUT2D eigenvalue weighted by molar-refractivity contribution is 9.14. The third kappa shape index (κ3) is 2.61. The second-order valence-corrected chi connectivity index (χ2v) is 6.50. The zero-order valence-electron chi connectivity index (χ0n) is 8.24. The molecule has 0 aliphatic carbocycles. The standard InChI is InChI=1S/C10H10Br4O/c1-3-4(2)5-6(11)8(13)10(15)9(14)7(5)12/h4,15H,3H2,1-2H3. The van der Waals surface area contributed by atoms with Crippen LogP contribution in [0.2, 0.25) is 0 Å². The summed E-state index contributed by atoms with van der Waals surface area (Å²) in [5, 5.41) is 9.79. The fourth-order valence-electron chi connectivity index (χ4n) is 1.27. The minimum Gasteiger partial charge on any atom is -0.505 e. The Hall–Kier alpha value is 0.940. The van der Waals surface area contributed by atoms with Crippen LogP contribution in [0, 0.1) is 0 Å². The normalized spacial score (nSPS) is 12.9. The van der Waals surface area contributed by atoms with E-state index in [1.165, 1.54) is 0 Å². The van der Waals surface area contributed by atoms with Crippen molar-refractivity contribution in [1.29, 1.82) is 0 Å². The summed E-state index contributed by atoms with van der Waals surface area (Å²) in [6.07, 6.45) is 1.04. The minimum atomic E-state index is 0.209. The lowest BCUT2D eigenvalue weighted by Gasteiger charge is -2.17. The molecule has 0 saturated heterocycles. The molecule has 0 fully saturated rings. The number of hydrogen-bond donors (Lipinski definition) is 1. The third-order valence-electron chi connectivity index (χ3n) is 2.38. The highest BCUT2D eigenvalue weighted by Crippen LogP contribution is 2.48. The first-order valence-electron chi connectivity index (χ1n) is 4.46. The molecule has 5 heteroatoms. The summed E-state index contributed by atoms with van der Waals surface area (Å²) in [5.74, 6) is 0.628. The van der Waals surface area contributed by atoms with Crippen molar-refractivity contribution >= 4 is 63.7 Å². The number of aromatic hydroxyl groups is 1. The molecule has 0 amide bonds. The summed E-state index contributed by atoms with van der Waals surface area (Å²) in [4.78, 5) is 0. The van der Waals surface area contributed by atoms with E-state index in [1.54, 1.807) is 0 Å². The Bertz CT molecular complexity index is 360. The molecule has 15 heavy (non-hydrogen) atoms. The predicted molar refractivity (Wildman–Crippen MR) is 77.6 cm³/mol.